The summed E-state index contributed by atoms with van der Waals surface area (Å²) in [6.07, 6.45) is 4.29. The molecule has 1 fully saturated rings. The molecule has 0 unspecified atom stereocenters. The molecule has 1 saturated heterocycles. The van der Waals surface area contributed by atoms with E-state index in [0.29, 0.717) is 13.2 Å². The second kappa shape index (κ2) is 13.7. The summed E-state index contributed by atoms with van der Waals surface area (Å²) in [6, 6.07) is 7.89. The molecule has 0 atom stereocenters. The van der Waals surface area contributed by atoms with Gasteiger partial charge in [0, 0.05) is 70.4 Å². The molecule has 9 heteroatoms. The van der Waals surface area contributed by atoms with Crippen molar-refractivity contribution < 1.29 is 9.47 Å². The highest BCUT2D eigenvalue weighted by molar-refractivity contribution is 14.0. The number of anilines is 2. The van der Waals surface area contributed by atoms with Gasteiger partial charge in [-0.3, -0.25) is 4.99 Å². The van der Waals surface area contributed by atoms with Crippen LogP contribution in [-0.2, 0) is 11.2 Å². The summed E-state index contributed by atoms with van der Waals surface area (Å²) in [7, 11) is 3.47. The minimum absolute atomic E-state index is 0. The third kappa shape index (κ3) is 7.92. The first-order valence-corrected chi connectivity index (χ1v) is 11.1. The lowest BCUT2D eigenvalue weighted by molar-refractivity contribution is 0.172. The molecule has 0 spiro atoms. The van der Waals surface area contributed by atoms with Gasteiger partial charge in [-0.25, -0.2) is 4.98 Å². The molecule has 0 bridgehead atoms. The zero-order chi connectivity index (χ0) is 20.3. The molecule has 2 aromatic rings. The van der Waals surface area contributed by atoms with Gasteiger partial charge < -0.3 is 25.0 Å². The second-order valence-electron chi connectivity index (χ2n) is 6.91. The van der Waals surface area contributed by atoms with E-state index in [4.69, 9.17) is 14.5 Å². The maximum Gasteiger partial charge on any atom is 0.195 e. The molecule has 166 valence electrons. The number of benzene rings is 1. The van der Waals surface area contributed by atoms with Crippen LogP contribution in [0.2, 0.25) is 0 Å². The van der Waals surface area contributed by atoms with Crippen LogP contribution in [-0.4, -0.2) is 57.9 Å². The predicted molar refractivity (Wildman–Crippen MR) is 136 cm³/mol. The Labute approximate surface area is 200 Å². The van der Waals surface area contributed by atoms with E-state index in [1.807, 2.05) is 24.3 Å². The summed E-state index contributed by atoms with van der Waals surface area (Å²) < 4.78 is 10.8. The summed E-state index contributed by atoms with van der Waals surface area (Å²) in [4.78, 5) is 11.5. The highest BCUT2D eigenvalue weighted by Crippen LogP contribution is 2.24. The van der Waals surface area contributed by atoms with Crippen molar-refractivity contribution in [1.82, 2.24) is 10.3 Å². The van der Waals surface area contributed by atoms with Crippen LogP contribution in [0, 0.1) is 0 Å². The van der Waals surface area contributed by atoms with Crippen LogP contribution in [0.3, 0.4) is 0 Å². The number of nitrogens with one attached hydrogen (secondary N) is 2. The number of aromatic nitrogens is 1. The van der Waals surface area contributed by atoms with E-state index in [9.17, 15) is 0 Å². The molecule has 0 saturated carbocycles. The molecule has 1 aromatic carbocycles. The number of hydrogen-bond donors (Lipinski definition) is 2. The fourth-order valence-corrected chi connectivity index (χ4v) is 4.06. The topological polar surface area (TPSA) is 71.0 Å². The average Bonchev–Trinajstić information content (AvgIpc) is 3.43. The molecule has 1 aliphatic heterocycles. The van der Waals surface area contributed by atoms with Crippen molar-refractivity contribution in [3.05, 3.63) is 35.3 Å². The van der Waals surface area contributed by atoms with Gasteiger partial charge in [-0.15, -0.1) is 35.3 Å². The van der Waals surface area contributed by atoms with Crippen molar-refractivity contribution in [3.8, 4) is 5.75 Å². The Kier molecular flexibility index (Phi) is 11.2. The lowest BCUT2D eigenvalue weighted by atomic mass is 10.3. The van der Waals surface area contributed by atoms with Crippen molar-refractivity contribution in [2.75, 3.05) is 57.2 Å². The van der Waals surface area contributed by atoms with Crippen molar-refractivity contribution in [2.45, 2.75) is 25.7 Å². The molecule has 0 amide bonds. The van der Waals surface area contributed by atoms with E-state index in [1.54, 1.807) is 25.5 Å². The number of ether oxygens (including phenoxy) is 2. The van der Waals surface area contributed by atoms with Gasteiger partial charge >= 0.3 is 0 Å². The number of thiazole rings is 1. The number of rotatable bonds is 10. The predicted octanol–water partition coefficient (Wildman–Crippen LogP) is 4.01. The van der Waals surface area contributed by atoms with E-state index in [2.05, 4.69) is 25.9 Å². The van der Waals surface area contributed by atoms with Crippen LogP contribution in [0.1, 0.15) is 25.0 Å². The summed E-state index contributed by atoms with van der Waals surface area (Å²) in [6.45, 7) is 4.38. The molecule has 3 rings (SSSR count). The first-order valence-electron chi connectivity index (χ1n) is 10.2. The van der Waals surface area contributed by atoms with Crippen LogP contribution < -0.4 is 20.3 Å². The molecule has 30 heavy (non-hydrogen) atoms. The van der Waals surface area contributed by atoms with Gasteiger partial charge in [0.15, 0.2) is 11.1 Å². The molecule has 2 heterocycles. The molecular weight excluding hydrogens is 513 g/mol. The molecular formula is C21H32IN5O2S. The largest absolute Gasteiger partial charge is 0.493 e. The number of guanidine groups is 1. The van der Waals surface area contributed by atoms with E-state index in [0.717, 1.165) is 60.7 Å². The normalized spacial score (nSPS) is 13.8. The Balaban J connectivity index is 0.00000320. The summed E-state index contributed by atoms with van der Waals surface area (Å²) >= 11 is 1.74. The fraction of sp³-hybridized carbons (Fsp3) is 0.524. The van der Waals surface area contributed by atoms with E-state index in [1.165, 1.54) is 12.8 Å². The van der Waals surface area contributed by atoms with Gasteiger partial charge in [-0.05, 0) is 25.0 Å². The molecule has 2 N–H and O–H groups in total. The first-order chi connectivity index (χ1) is 14.3. The number of aliphatic imine (C=N–C) groups is 1. The quantitative estimate of drug-likeness (QED) is 0.204. The number of methoxy groups -OCH3 is 1. The maximum atomic E-state index is 5.76. The highest BCUT2D eigenvalue weighted by Gasteiger charge is 2.15. The Morgan fingerprint density at radius 1 is 1.27 bits per heavy atom. The van der Waals surface area contributed by atoms with E-state index >= 15 is 0 Å². The van der Waals surface area contributed by atoms with Crippen molar-refractivity contribution >= 4 is 52.1 Å². The monoisotopic (exact) mass is 545 g/mol. The minimum Gasteiger partial charge on any atom is -0.493 e. The zero-order valence-electron chi connectivity index (χ0n) is 17.7. The van der Waals surface area contributed by atoms with Crippen LogP contribution in [0.25, 0.3) is 0 Å². The Morgan fingerprint density at radius 2 is 2.10 bits per heavy atom. The van der Waals surface area contributed by atoms with Crippen LogP contribution in [0.5, 0.6) is 5.75 Å². The Bertz CT molecular complexity index is 780. The van der Waals surface area contributed by atoms with E-state index in [-0.39, 0.29) is 24.0 Å². The standard InChI is InChI=1S/C21H31N5O2S.HI/c1-22-20(24-17-7-5-8-19(15-17)28-14-6-13-27-2)23-10-9-18-16-29-21(25-18)26-11-3-4-12-26;/h5,7-8,15-16H,3-4,6,9-14H2,1-2H3,(H2,22,23,24);1H. The van der Waals surface area contributed by atoms with Gasteiger partial charge in [0.2, 0.25) is 0 Å². The zero-order valence-corrected chi connectivity index (χ0v) is 20.9. The lowest BCUT2D eigenvalue weighted by Gasteiger charge is -2.13. The Morgan fingerprint density at radius 3 is 2.87 bits per heavy atom. The molecule has 1 aliphatic rings. The van der Waals surface area contributed by atoms with Gasteiger partial charge in [-0.1, -0.05) is 6.07 Å². The van der Waals surface area contributed by atoms with Crippen molar-refractivity contribution in [2.24, 2.45) is 4.99 Å². The van der Waals surface area contributed by atoms with Crippen LogP contribution in [0.15, 0.2) is 34.6 Å². The molecule has 0 radical (unpaired) electrons. The summed E-state index contributed by atoms with van der Waals surface area (Å²) in [5, 5.41) is 9.99. The average molecular weight is 545 g/mol. The first kappa shape index (κ1) is 24.7. The van der Waals surface area contributed by atoms with Gasteiger partial charge in [0.25, 0.3) is 0 Å². The number of hydrogen-bond acceptors (Lipinski definition) is 6. The summed E-state index contributed by atoms with van der Waals surface area (Å²) in [5.74, 6) is 1.56. The highest BCUT2D eigenvalue weighted by atomic mass is 127. The molecule has 0 aliphatic carbocycles. The van der Waals surface area contributed by atoms with Crippen molar-refractivity contribution in [1.29, 1.82) is 0 Å². The van der Waals surface area contributed by atoms with Gasteiger partial charge in [-0.2, -0.15) is 0 Å². The van der Waals surface area contributed by atoms with Gasteiger partial charge in [0.05, 0.1) is 12.3 Å². The minimum atomic E-state index is 0. The SMILES string of the molecule is CN=C(NCCc1csc(N2CCCC2)n1)Nc1cccc(OCCCOC)c1.I. The fourth-order valence-electron chi connectivity index (χ4n) is 3.15. The Hall–Kier alpha value is -1.59. The van der Waals surface area contributed by atoms with Crippen LogP contribution >= 0.6 is 35.3 Å². The maximum absolute atomic E-state index is 5.76. The number of nitrogens with zero attached hydrogens (tertiary/aromatic N) is 3. The molecule has 1 aromatic heterocycles. The smallest absolute Gasteiger partial charge is 0.195 e. The van der Waals surface area contributed by atoms with Crippen LogP contribution in [0.4, 0.5) is 10.8 Å². The van der Waals surface area contributed by atoms with Gasteiger partial charge in [0.1, 0.15) is 5.75 Å². The van der Waals surface area contributed by atoms with E-state index < -0.39 is 0 Å². The van der Waals surface area contributed by atoms with Crippen molar-refractivity contribution in [3.63, 3.8) is 0 Å². The number of halogens is 1. The third-order valence-electron chi connectivity index (χ3n) is 4.67. The molecule has 7 nitrogen and oxygen atoms in total. The lowest BCUT2D eigenvalue weighted by Crippen LogP contribution is -2.32. The third-order valence-corrected chi connectivity index (χ3v) is 5.62. The second-order valence-corrected chi connectivity index (χ2v) is 7.75. The summed E-state index contributed by atoms with van der Waals surface area (Å²) in [5.41, 5.74) is 2.07.